The molecule has 0 aliphatic carbocycles. The van der Waals surface area contributed by atoms with Crippen LogP contribution in [0.5, 0.6) is 0 Å². The third-order valence-electron chi connectivity index (χ3n) is 3.29. The molecule has 2 aromatic rings. The Hall–Kier alpha value is -2.70. The average molecular weight is 376 g/mol. The van der Waals surface area contributed by atoms with Crippen molar-refractivity contribution in [2.75, 3.05) is 0 Å². The lowest BCUT2D eigenvalue weighted by Crippen LogP contribution is -2.27. The van der Waals surface area contributed by atoms with Crippen LogP contribution >= 0.6 is 0 Å². The Morgan fingerprint density at radius 1 is 1.00 bits per heavy atom. The van der Waals surface area contributed by atoms with Crippen LogP contribution in [-0.4, -0.2) is 32.9 Å². The van der Waals surface area contributed by atoms with Crippen LogP contribution in [0.1, 0.15) is 57.6 Å². The molecule has 1 aromatic carbocycles. The van der Waals surface area contributed by atoms with Crippen LogP contribution in [0.15, 0.2) is 30.5 Å². The van der Waals surface area contributed by atoms with Gasteiger partial charge in [-0.3, -0.25) is 4.79 Å². The zero-order valence-electron chi connectivity index (χ0n) is 16.5. The van der Waals surface area contributed by atoms with Gasteiger partial charge in [-0.15, -0.1) is 0 Å². The molecule has 0 radical (unpaired) electrons. The first-order valence-corrected chi connectivity index (χ1v) is 8.64. The van der Waals surface area contributed by atoms with Gasteiger partial charge in [0.05, 0.1) is 24.0 Å². The molecule has 0 saturated carbocycles. The molecule has 0 fully saturated rings. The van der Waals surface area contributed by atoms with E-state index < -0.39 is 29.0 Å². The summed E-state index contributed by atoms with van der Waals surface area (Å²) >= 11 is 0. The standard InChI is InChI=1S/C20H25FN2O4/c1-19(2,3)26-17(24)11-16-15(18(25)27-20(4,5)6)12-22-23(16)14-9-7-13(21)8-10-14/h7-10,12H,11H2,1-6H3. The first kappa shape index (κ1) is 20.6. The van der Waals surface area contributed by atoms with E-state index in [1.165, 1.54) is 35.1 Å². The number of nitrogens with zero attached hydrogens (tertiary/aromatic N) is 2. The van der Waals surface area contributed by atoms with Crippen LogP contribution in [0.4, 0.5) is 4.39 Å². The second-order valence-corrected chi connectivity index (χ2v) is 8.16. The second-order valence-electron chi connectivity index (χ2n) is 8.16. The van der Waals surface area contributed by atoms with E-state index >= 15 is 0 Å². The Morgan fingerprint density at radius 2 is 1.56 bits per heavy atom. The molecule has 1 aromatic heterocycles. The van der Waals surface area contributed by atoms with E-state index in [1.807, 2.05) is 0 Å². The van der Waals surface area contributed by atoms with E-state index in [0.717, 1.165) is 0 Å². The largest absolute Gasteiger partial charge is 0.460 e. The highest BCUT2D eigenvalue weighted by molar-refractivity contribution is 5.92. The maximum atomic E-state index is 13.2. The third-order valence-corrected chi connectivity index (χ3v) is 3.29. The Labute approximate surface area is 158 Å². The maximum absolute atomic E-state index is 13.2. The van der Waals surface area contributed by atoms with E-state index in [9.17, 15) is 14.0 Å². The van der Waals surface area contributed by atoms with E-state index in [4.69, 9.17) is 9.47 Å². The molecule has 146 valence electrons. The summed E-state index contributed by atoms with van der Waals surface area (Å²) in [6.07, 6.45) is 1.17. The number of rotatable bonds is 4. The molecule has 2 rings (SSSR count). The highest BCUT2D eigenvalue weighted by atomic mass is 19.1. The molecule has 0 aliphatic heterocycles. The molecule has 0 bridgehead atoms. The number of aromatic nitrogens is 2. The van der Waals surface area contributed by atoms with Crippen LogP contribution in [0.3, 0.4) is 0 Å². The molecule has 0 spiro atoms. The van der Waals surface area contributed by atoms with Gasteiger partial charge in [0.1, 0.15) is 22.6 Å². The van der Waals surface area contributed by atoms with E-state index in [1.54, 1.807) is 41.5 Å². The minimum absolute atomic E-state index is 0.167. The van der Waals surface area contributed by atoms with E-state index in [2.05, 4.69) is 5.10 Å². The predicted octanol–water partition coefficient (Wildman–Crippen LogP) is 3.85. The first-order valence-electron chi connectivity index (χ1n) is 8.64. The highest BCUT2D eigenvalue weighted by Crippen LogP contribution is 2.21. The Morgan fingerprint density at radius 3 is 2.07 bits per heavy atom. The molecular weight excluding hydrogens is 351 g/mol. The van der Waals surface area contributed by atoms with Gasteiger partial charge in [-0.25, -0.2) is 13.9 Å². The van der Waals surface area contributed by atoms with Crippen molar-refractivity contribution in [3.63, 3.8) is 0 Å². The molecule has 0 saturated heterocycles. The number of carbonyl (C=O) groups excluding carboxylic acids is 2. The fourth-order valence-corrected chi connectivity index (χ4v) is 2.37. The summed E-state index contributed by atoms with van der Waals surface area (Å²) in [5.74, 6) is -1.49. The molecule has 6 nitrogen and oxygen atoms in total. The molecule has 0 atom stereocenters. The number of ether oxygens (including phenoxy) is 2. The number of esters is 2. The van der Waals surface area contributed by atoms with E-state index in [-0.39, 0.29) is 12.0 Å². The summed E-state index contributed by atoms with van der Waals surface area (Å²) in [6.45, 7) is 10.5. The summed E-state index contributed by atoms with van der Waals surface area (Å²) in [7, 11) is 0. The number of benzene rings is 1. The minimum atomic E-state index is -0.696. The maximum Gasteiger partial charge on any atom is 0.342 e. The number of hydrogen-bond donors (Lipinski definition) is 0. The van der Waals surface area contributed by atoms with Gasteiger partial charge in [0.2, 0.25) is 0 Å². The minimum Gasteiger partial charge on any atom is -0.460 e. The zero-order chi connectivity index (χ0) is 20.4. The molecule has 0 amide bonds. The Kier molecular flexibility index (Phi) is 5.73. The van der Waals surface area contributed by atoms with Crippen LogP contribution in [0.25, 0.3) is 5.69 Å². The van der Waals surface area contributed by atoms with Crippen molar-refractivity contribution in [3.05, 3.63) is 47.5 Å². The topological polar surface area (TPSA) is 70.4 Å². The highest BCUT2D eigenvalue weighted by Gasteiger charge is 2.27. The van der Waals surface area contributed by atoms with Crippen molar-refractivity contribution >= 4 is 11.9 Å². The lowest BCUT2D eigenvalue weighted by atomic mass is 10.1. The molecule has 0 N–H and O–H groups in total. The van der Waals surface area contributed by atoms with Crippen molar-refractivity contribution in [2.24, 2.45) is 0 Å². The summed E-state index contributed by atoms with van der Waals surface area (Å²) in [4.78, 5) is 24.9. The van der Waals surface area contributed by atoms with Gasteiger partial charge < -0.3 is 9.47 Å². The van der Waals surface area contributed by atoms with Crippen LogP contribution in [-0.2, 0) is 20.7 Å². The molecule has 27 heavy (non-hydrogen) atoms. The summed E-state index contributed by atoms with van der Waals surface area (Å²) in [5.41, 5.74) is -0.350. The van der Waals surface area contributed by atoms with Gasteiger partial charge in [-0.1, -0.05) is 0 Å². The van der Waals surface area contributed by atoms with Crippen molar-refractivity contribution in [2.45, 2.75) is 59.2 Å². The van der Waals surface area contributed by atoms with Crippen LogP contribution in [0, 0.1) is 5.82 Å². The van der Waals surface area contributed by atoms with Crippen LogP contribution < -0.4 is 0 Å². The van der Waals surface area contributed by atoms with Crippen molar-refractivity contribution in [1.29, 1.82) is 0 Å². The number of halogens is 1. The summed E-state index contributed by atoms with van der Waals surface area (Å²) < 4.78 is 25.4. The fraction of sp³-hybridized carbons (Fsp3) is 0.450. The van der Waals surface area contributed by atoms with E-state index in [0.29, 0.717) is 11.4 Å². The molecule has 0 aliphatic rings. The summed E-state index contributed by atoms with van der Waals surface area (Å²) in [6, 6.07) is 5.59. The Bertz CT molecular complexity index is 827. The van der Waals surface area contributed by atoms with Gasteiger partial charge in [0.25, 0.3) is 0 Å². The molecular formula is C20H25FN2O4. The van der Waals surface area contributed by atoms with Crippen LogP contribution in [0.2, 0.25) is 0 Å². The number of carbonyl (C=O) groups is 2. The first-order chi connectivity index (χ1) is 12.4. The molecule has 1 heterocycles. The zero-order valence-corrected chi connectivity index (χ0v) is 16.5. The SMILES string of the molecule is CC(C)(C)OC(=O)Cc1c(C(=O)OC(C)(C)C)cnn1-c1ccc(F)cc1. The monoisotopic (exact) mass is 376 g/mol. The lowest BCUT2D eigenvalue weighted by molar-refractivity contribution is -0.154. The quantitative estimate of drug-likeness (QED) is 0.758. The van der Waals surface area contributed by atoms with Crippen molar-refractivity contribution < 1.29 is 23.5 Å². The van der Waals surface area contributed by atoms with Gasteiger partial charge >= 0.3 is 11.9 Å². The van der Waals surface area contributed by atoms with Gasteiger partial charge in [0.15, 0.2) is 0 Å². The average Bonchev–Trinajstić information content (AvgIpc) is 2.88. The van der Waals surface area contributed by atoms with Crippen molar-refractivity contribution in [1.82, 2.24) is 9.78 Å². The second kappa shape index (κ2) is 7.50. The van der Waals surface area contributed by atoms with Crippen molar-refractivity contribution in [3.8, 4) is 5.69 Å². The third kappa shape index (κ3) is 5.91. The van der Waals surface area contributed by atoms with Gasteiger partial charge in [0, 0.05) is 0 Å². The summed E-state index contributed by atoms with van der Waals surface area (Å²) in [5, 5.41) is 4.20. The Balaban J connectivity index is 2.44. The normalized spacial score (nSPS) is 12.0. The predicted molar refractivity (Wildman–Crippen MR) is 98.2 cm³/mol. The molecule has 0 unspecified atom stereocenters. The number of hydrogen-bond acceptors (Lipinski definition) is 5. The lowest BCUT2D eigenvalue weighted by Gasteiger charge is -2.21. The van der Waals surface area contributed by atoms with Gasteiger partial charge in [-0.05, 0) is 65.8 Å². The molecule has 7 heteroatoms. The van der Waals surface area contributed by atoms with Gasteiger partial charge in [-0.2, -0.15) is 5.10 Å². The smallest absolute Gasteiger partial charge is 0.342 e. The fourth-order valence-electron chi connectivity index (χ4n) is 2.37.